The first kappa shape index (κ1) is 13.3. The predicted molar refractivity (Wildman–Crippen MR) is 82.8 cm³/mol. The van der Waals surface area contributed by atoms with Crippen LogP contribution in [0.3, 0.4) is 0 Å². The number of nitrogens with one attached hydrogen (secondary N) is 1. The van der Waals surface area contributed by atoms with Gasteiger partial charge in [0.1, 0.15) is 0 Å². The Balaban J connectivity index is 1.70. The van der Waals surface area contributed by atoms with Crippen LogP contribution in [-0.4, -0.2) is 10.9 Å². The summed E-state index contributed by atoms with van der Waals surface area (Å²) in [6.07, 6.45) is 2.04. The molecule has 0 aliphatic heterocycles. The zero-order valence-electron chi connectivity index (χ0n) is 11.7. The fourth-order valence-corrected chi connectivity index (χ4v) is 2.98. The number of hydrogen-bond donors (Lipinski definition) is 1. The minimum atomic E-state index is 0.111. The van der Waals surface area contributed by atoms with Gasteiger partial charge < -0.3 is 5.32 Å². The summed E-state index contributed by atoms with van der Waals surface area (Å²) < 4.78 is 0. The third-order valence-corrected chi connectivity index (χ3v) is 4.60. The fraction of sp³-hybridized carbons (Fsp3) is 0.375. The van der Waals surface area contributed by atoms with Crippen LogP contribution in [0.5, 0.6) is 0 Å². The number of carbonyl (C=O) groups excluding carboxylic acids is 1. The zero-order valence-corrected chi connectivity index (χ0v) is 12.5. The highest BCUT2D eigenvalue weighted by atomic mass is 32.1. The molecule has 0 spiro atoms. The maximum atomic E-state index is 11.9. The van der Waals surface area contributed by atoms with Crippen molar-refractivity contribution in [3.05, 3.63) is 35.2 Å². The number of anilines is 1. The van der Waals surface area contributed by atoms with Crippen LogP contribution >= 0.6 is 11.3 Å². The van der Waals surface area contributed by atoms with E-state index >= 15 is 0 Å². The quantitative estimate of drug-likeness (QED) is 0.924. The van der Waals surface area contributed by atoms with E-state index in [-0.39, 0.29) is 11.8 Å². The second kappa shape index (κ2) is 5.37. The highest BCUT2D eigenvalue weighted by Gasteiger charge is 2.39. The van der Waals surface area contributed by atoms with Gasteiger partial charge in [0.25, 0.3) is 0 Å². The molecule has 1 fully saturated rings. The number of nitrogens with zero attached hydrogens (tertiary/aromatic N) is 1. The maximum Gasteiger partial charge on any atom is 0.229 e. The van der Waals surface area contributed by atoms with E-state index in [0.29, 0.717) is 11.0 Å². The summed E-state index contributed by atoms with van der Waals surface area (Å²) in [5, 5.41) is 5.61. The van der Waals surface area contributed by atoms with Crippen molar-refractivity contribution in [3.63, 3.8) is 0 Å². The van der Waals surface area contributed by atoms with Crippen molar-refractivity contribution >= 4 is 22.4 Å². The molecule has 1 aromatic carbocycles. The van der Waals surface area contributed by atoms with Crippen LogP contribution in [0.15, 0.2) is 29.6 Å². The van der Waals surface area contributed by atoms with E-state index in [4.69, 9.17) is 0 Å². The molecule has 0 radical (unpaired) electrons. The van der Waals surface area contributed by atoms with Gasteiger partial charge in [0.15, 0.2) is 5.13 Å². The standard InChI is InChI=1S/C16H18N2OS/c1-3-11-4-6-12(7-5-11)14-9-20-16(17-14)18-15(19)13-8-10(13)2/h4-7,9-10,13H,3,8H2,1-2H3,(H,17,18,19). The monoisotopic (exact) mass is 286 g/mol. The summed E-state index contributed by atoms with van der Waals surface area (Å²) in [5.74, 6) is 0.821. The van der Waals surface area contributed by atoms with Crippen LogP contribution in [0.2, 0.25) is 0 Å². The number of rotatable bonds is 4. The van der Waals surface area contributed by atoms with Gasteiger partial charge in [-0.3, -0.25) is 4.79 Å². The van der Waals surface area contributed by atoms with Gasteiger partial charge in [0.05, 0.1) is 5.69 Å². The molecule has 1 aromatic heterocycles. The minimum absolute atomic E-state index is 0.111. The van der Waals surface area contributed by atoms with E-state index < -0.39 is 0 Å². The van der Waals surface area contributed by atoms with Gasteiger partial charge in [0.2, 0.25) is 5.91 Å². The second-order valence-corrected chi connectivity index (χ2v) is 6.26. The molecule has 3 rings (SSSR count). The van der Waals surface area contributed by atoms with E-state index in [0.717, 1.165) is 24.1 Å². The third kappa shape index (κ3) is 2.75. The Bertz CT molecular complexity index is 618. The Kier molecular flexibility index (Phi) is 3.57. The molecule has 3 nitrogen and oxygen atoms in total. The summed E-state index contributed by atoms with van der Waals surface area (Å²) >= 11 is 1.49. The SMILES string of the molecule is CCc1ccc(-c2csc(NC(=O)C3CC3C)n2)cc1. The Morgan fingerprint density at radius 1 is 1.40 bits per heavy atom. The van der Waals surface area contributed by atoms with Crippen molar-refractivity contribution in [3.8, 4) is 11.3 Å². The molecule has 104 valence electrons. The summed E-state index contributed by atoms with van der Waals surface area (Å²) in [6, 6.07) is 8.42. The van der Waals surface area contributed by atoms with Crippen LogP contribution in [0.1, 0.15) is 25.8 Å². The molecule has 0 bridgehead atoms. The normalized spacial score (nSPS) is 20.7. The van der Waals surface area contributed by atoms with Gasteiger partial charge in [-0.2, -0.15) is 0 Å². The summed E-state index contributed by atoms with van der Waals surface area (Å²) in [6.45, 7) is 4.25. The van der Waals surface area contributed by atoms with Crippen molar-refractivity contribution in [1.82, 2.24) is 4.98 Å². The molecule has 20 heavy (non-hydrogen) atoms. The molecule has 1 aliphatic rings. The first-order chi connectivity index (χ1) is 9.67. The first-order valence-electron chi connectivity index (χ1n) is 7.03. The Morgan fingerprint density at radius 3 is 2.70 bits per heavy atom. The fourth-order valence-electron chi connectivity index (χ4n) is 2.26. The first-order valence-corrected chi connectivity index (χ1v) is 7.91. The van der Waals surface area contributed by atoms with E-state index in [1.807, 2.05) is 5.38 Å². The predicted octanol–water partition coefficient (Wildman–Crippen LogP) is 3.97. The summed E-state index contributed by atoms with van der Waals surface area (Å²) in [5.41, 5.74) is 3.34. The molecule has 1 aliphatic carbocycles. The van der Waals surface area contributed by atoms with Gasteiger partial charge in [-0.15, -0.1) is 11.3 Å². The Morgan fingerprint density at radius 2 is 2.10 bits per heavy atom. The van der Waals surface area contributed by atoms with Crippen LogP contribution < -0.4 is 5.32 Å². The van der Waals surface area contributed by atoms with Gasteiger partial charge in [-0.1, -0.05) is 38.1 Å². The molecule has 4 heteroatoms. The van der Waals surface area contributed by atoms with Gasteiger partial charge >= 0.3 is 0 Å². The lowest BCUT2D eigenvalue weighted by Crippen LogP contribution is -2.14. The molecule has 1 N–H and O–H groups in total. The van der Waals surface area contributed by atoms with Crippen molar-refractivity contribution < 1.29 is 4.79 Å². The smallest absolute Gasteiger partial charge is 0.229 e. The Labute approximate surface area is 123 Å². The number of aryl methyl sites for hydroxylation is 1. The maximum absolute atomic E-state index is 11.9. The lowest BCUT2D eigenvalue weighted by atomic mass is 10.1. The molecule has 1 amide bonds. The number of aromatic nitrogens is 1. The van der Waals surface area contributed by atoms with Gasteiger partial charge in [0, 0.05) is 16.9 Å². The molecule has 2 aromatic rings. The van der Waals surface area contributed by atoms with Crippen LogP contribution in [0.25, 0.3) is 11.3 Å². The number of hydrogen-bond acceptors (Lipinski definition) is 3. The highest BCUT2D eigenvalue weighted by molar-refractivity contribution is 7.14. The van der Waals surface area contributed by atoms with E-state index in [1.165, 1.54) is 16.9 Å². The average molecular weight is 286 g/mol. The minimum Gasteiger partial charge on any atom is -0.302 e. The van der Waals surface area contributed by atoms with E-state index in [2.05, 4.69) is 48.4 Å². The van der Waals surface area contributed by atoms with Crippen molar-refractivity contribution in [2.45, 2.75) is 26.7 Å². The summed E-state index contributed by atoms with van der Waals surface area (Å²) in [4.78, 5) is 16.4. The topological polar surface area (TPSA) is 42.0 Å². The molecule has 2 atom stereocenters. The molecule has 2 unspecified atom stereocenters. The van der Waals surface area contributed by atoms with Crippen molar-refractivity contribution in [2.75, 3.05) is 5.32 Å². The lowest BCUT2D eigenvalue weighted by molar-refractivity contribution is -0.117. The van der Waals surface area contributed by atoms with Crippen LogP contribution in [-0.2, 0) is 11.2 Å². The van der Waals surface area contributed by atoms with Crippen molar-refractivity contribution in [2.24, 2.45) is 11.8 Å². The zero-order chi connectivity index (χ0) is 14.1. The molecular formula is C16H18N2OS. The van der Waals surface area contributed by atoms with Crippen molar-refractivity contribution in [1.29, 1.82) is 0 Å². The summed E-state index contributed by atoms with van der Waals surface area (Å²) in [7, 11) is 0. The van der Waals surface area contributed by atoms with E-state index in [1.54, 1.807) is 0 Å². The van der Waals surface area contributed by atoms with Gasteiger partial charge in [-0.05, 0) is 24.3 Å². The number of thiazole rings is 1. The second-order valence-electron chi connectivity index (χ2n) is 5.40. The number of carbonyl (C=O) groups is 1. The average Bonchev–Trinajstić information content (AvgIpc) is 3.02. The van der Waals surface area contributed by atoms with E-state index in [9.17, 15) is 4.79 Å². The van der Waals surface area contributed by atoms with Crippen LogP contribution in [0, 0.1) is 11.8 Å². The molecule has 0 saturated heterocycles. The number of benzene rings is 1. The highest BCUT2D eigenvalue weighted by Crippen LogP contribution is 2.38. The van der Waals surface area contributed by atoms with Gasteiger partial charge in [-0.25, -0.2) is 4.98 Å². The Hall–Kier alpha value is -1.68. The number of amides is 1. The van der Waals surface area contributed by atoms with Crippen LogP contribution in [0.4, 0.5) is 5.13 Å². The lowest BCUT2D eigenvalue weighted by Gasteiger charge is -2.00. The molecule has 1 heterocycles. The molecular weight excluding hydrogens is 268 g/mol. The largest absolute Gasteiger partial charge is 0.302 e. The third-order valence-electron chi connectivity index (χ3n) is 3.84. The molecule has 1 saturated carbocycles.